The first kappa shape index (κ1) is 13.3. The van der Waals surface area contributed by atoms with Crippen molar-refractivity contribution in [1.29, 1.82) is 0 Å². The van der Waals surface area contributed by atoms with Gasteiger partial charge in [-0.15, -0.1) is 0 Å². The molecule has 0 bridgehead atoms. The van der Waals surface area contributed by atoms with Crippen molar-refractivity contribution >= 4 is 5.69 Å². The van der Waals surface area contributed by atoms with Gasteiger partial charge in [0.25, 0.3) is 0 Å². The maximum Gasteiger partial charge on any atom is 0.0450 e. The highest BCUT2D eigenvalue weighted by Crippen LogP contribution is 2.30. The van der Waals surface area contributed by atoms with Gasteiger partial charge >= 0.3 is 0 Å². The highest BCUT2D eigenvalue weighted by molar-refractivity contribution is 5.57. The number of nitrogens with two attached hydrogens (primary N) is 1. The van der Waals surface area contributed by atoms with Crippen LogP contribution >= 0.6 is 0 Å². The molecule has 1 aliphatic heterocycles. The van der Waals surface area contributed by atoms with Crippen LogP contribution in [0.5, 0.6) is 0 Å². The molecule has 0 radical (unpaired) electrons. The van der Waals surface area contributed by atoms with Crippen molar-refractivity contribution < 1.29 is 0 Å². The Morgan fingerprint density at radius 1 is 1.39 bits per heavy atom. The van der Waals surface area contributed by atoms with Crippen molar-refractivity contribution in [2.45, 2.75) is 59.0 Å². The van der Waals surface area contributed by atoms with Crippen LogP contribution in [0.25, 0.3) is 0 Å². The molecule has 0 aliphatic carbocycles. The van der Waals surface area contributed by atoms with Crippen LogP contribution in [0.4, 0.5) is 5.69 Å². The summed E-state index contributed by atoms with van der Waals surface area (Å²) in [4.78, 5) is 7.11. The highest BCUT2D eigenvalue weighted by Gasteiger charge is 2.23. The molecule has 1 aromatic rings. The third-order valence-corrected chi connectivity index (χ3v) is 4.05. The van der Waals surface area contributed by atoms with E-state index in [1.165, 1.54) is 36.9 Å². The van der Waals surface area contributed by atoms with E-state index in [4.69, 9.17) is 5.73 Å². The first-order valence-corrected chi connectivity index (χ1v) is 7.11. The molecular weight excluding hydrogens is 222 g/mol. The summed E-state index contributed by atoms with van der Waals surface area (Å²) in [6.07, 6.45) is 5.17. The van der Waals surface area contributed by atoms with Gasteiger partial charge in [-0.3, -0.25) is 4.98 Å². The van der Waals surface area contributed by atoms with Crippen LogP contribution in [0, 0.1) is 13.8 Å². The molecule has 1 aromatic heterocycles. The summed E-state index contributed by atoms with van der Waals surface area (Å²) >= 11 is 0. The molecule has 1 saturated heterocycles. The first-order chi connectivity index (χ1) is 8.67. The van der Waals surface area contributed by atoms with Crippen molar-refractivity contribution in [3.05, 3.63) is 23.0 Å². The summed E-state index contributed by atoms with van der Waals surface area (Å²) in [5, 5.41) is 0. The van der Waals surface area contributed by atoms with Gasteiger partial charge in [-0.05, 0) is 45.6 Å². The monoisotopic (exact) mass is 247 g/mol. The zero-order valence-corrected chi connectivity index (χ0v) is 11.9. The molecule has 0 spiro atoms. The largest absolute Gasteiger partial charge is 0.368 e. The Morgan fingerprint density at radius 3 is 2.83 bits per heavy atom. The van der Waals surface area contributed by atoms with Gasteiger partial charge in [0.1, 0.15) is 0 Å². The third-order valence-electron chi connectivity index (χ3n) is 4.05. The molecule has 0 saturated carbocycles. The molecule has 1 fully saturated rings. The molecule has 2 rings (SSSR count). The lowest BCUT2D eigenvalue weighted by Gasteiger charge is -2.38. The van der Waals surface area contributed by atoms with Crippen LogP contribution in [0.15, 0.2) is 6.07 Å². The van der Waals surface area contributed by atoms with Crippen LogP contribution in [0.3, 0.4) is 0 Å². The summed E-state index contributed by atoms with van der Waals surface area (Å²) in [5.41, 5.74) is 10.7. The summed E-state index contributed by atoms with van der Waals surface area (Å²) in [5.74, 6) is 0. The SMILES string of the molecule is CCC1CCCCN1c1cc(C)nc(C)c1CN. The highest BCUT2D eigenvalue weighted by atomic mass is 15.2. The van der Waals surface area contributed by atoms with Crippen LogP contribution in [-0.4, -0.2) is 17.6 Å². The lowest BCUT2D eigenvalue weighted by molar-refractivity contribution is 0.448. The predicted molar refractivity (Wildman–Crippen MR) is 76.9 cm³/mol. The average Bonchev–Trinajstić information content (AvgIpc) is 2.38. The Balaban J connectivity index is 2.41. The number of hydrogen-bond donors (Lipinski definition) is 1. The van der Waals surface area contributed by atoms with E-state index < -0.39 is 0 Å². The second-order valence-corrected chi connectivity index (χ2v) is 5.30. The molecule has 100 valence electrons. The van der Waals surface area contributed by atoms with E-state index in [0.717, 1.165) is 17.9 Å². The van der Waals surface area contributed by atoms with Gasteiger partial charge in [0.15, 0.2) is 0 Å². The average molecular weight is 247 g/mol. The van der Waals surface area contributed by atoms with E-state index in [-0.39, 0.29) is 0 Å². The minimum Gasteiger partial charge on any atom is -0.368 e. The molecule has 3 heteroatoms. The third kappa shape index (κ3) is 2.51. The van der Waals surface area contributed by atoms with Gasteiger partial charge < -0.3 is 10.6 Å². The van der Waals surface area contributed by atoms with Gasteiger partial charge in [0.2, 0.25) is 0 Å². The number of aromatic nitrogens is 1. The molecule has 1 aliphatic rings. The summed E-state index contributed by atoms with van der Waals surface area (Å²) < 4.78 is 0. The van der Waals surface area contributed by atoms with Crippen molar-refractivity contribution in [2.75, 3.05) is 11.4 Å². The fourth-order valence-corrected chi connectivity index (χ4v) is 3.09. The first-order valence-electron chi connectivity index (χ1n) is 7.11. The van der Waals surface area contributed by atoms with E-state index in [1.807, 2.05) is 0 Å². The number of aryl methyl sites for hydroxylation is 2. The molecule has 18 heavy (non-hydrogen) atoms. The Kier molecular flexibility index (Phi) is 4.23. The minimum absolute atomic E-state index is 0.585. The van der Waals surface area contributed by atoms with Gasteiger partial charge in [-0.2, -0.15) is 0 Å². The van der Waals surface area contributed by atoms with E-state index in [2.05, 4.69) is 36.7 Å². The van der Waals surface area contributed by atoms with Crippen LogP contribution in [0.2, 0.25) is 0 Å². The zero-order chi connectivity index (χ0) is 13.1. The lowest BCUT2D eigenvalue weighted by atomic mass is 9.97. The number of rotatable bonds is 3. The molecule has 2 heterocycles. The number of pyridine rings is 1. The van der Waals surface area contributed by atoms with Crippen LogP contribution in [0.1, 0.15) is 49.6 Å². The Hall–Kier alpha value is -1.09. The second kappa shape index (κ2) is 5.70. The minimum atomic E-state index is 0.585. The van der Waals surface area contributed by atoms with Gasteiger partial charge in [0, 0.05) is 41.8 Å². The molecule has 2 N–H and O–H groups in total. The molecule has 0 aromatic carbocycles. The molecule has 0 amide bonds. The number of piperidine rings is 1. The Bertz CT molecular complexity index is 414. The summed E-state index contributed by atoms with van der Waals surface area (Å²) in [7, 11) is 0. The maximum atomic E-state index is 5.93. The topological polar surface area (TPSA) is 42.2 Å². The van der Waals surface area contributed by atoms with Crippen molar-refractivity contribution in [1.82, 2.24) is 4.98 Å². The Morgan fingerprint density at radius 2 is 2.17 bits per heavy atom. The Labute approximate surface area is 110 Å². The molecule has 3 nitrogen and oxygen atoms in total. The van der Waals surface area contributed by atoms with E-state index in [1.54, 1.807) is 0 Å². The maximum absolute atomic E-state index is 5.93. The van der Waals surface area contributed by atoms with Gasteiger partial charge in [0.05, 0.1) is 0 Å². The van der Waals surface area contributed by atoms with Crippen LogP contribution < -0.4 is 10.6 Å². The van der Waals surface area contributed by atoms with E-state index >= 15 is 0 Å². The van der Waals surface area contributed by atoms with Crippen LogP contribution in [-0.2, 0) is 6.54 Å². The van der Waals surface area contributed by atoms with Gasteiger partial charge in [-0.1, -0.05) is 6.92 Å². The normalized spacial score (nSPS) is 20.2. The van der Waals surface area contributed by atoms with Crippen molar-refractivity contribution in [3.63, 3.8) is 0 Å². The molecular formula is C15H25N3. The quantitative estimate of drug-likeness (QED) is 0.893. The number of hydrogen-bond acceptors (Lipinski definition) is 3. The fraction of sp³-hybridized carbons (Fsp3) is 0.667. The number of anilines is 1. The molecule has 1 unspecified atom stereocenters. The van der Waals surface area contributed by atoms with Crippen molar-refractivity contribution in [2.24, 2.45) is 5.73 Å². The zero-order valence-electron chi connectivity index (χ0n) is 11.9. The van der Waals surface area contributed by atoms with Crippen molar-refractivity contribution in [3.8, 4) is 0 Å². The van der Waals surface area contributed by atoms with E-state index in [9.17, 15) is 0 Å². The fourth-order valence-electron chi connectivity index (χ4n) is 3.09. The summed E-state index contributed by atoms with van der Waals surface area (Å²) in [6, 6.07) is 2.88. The van der Waals surface area contributed by atoms with Gasteiger partial charge in [-0.25, -0.2) is 0 Å². The smallest absolute Gasteiger partial charge is 0.0450 e. The van der Waals surface area contributed by atoms with E-state index in [0.29, 0.717) is 12.6 Å². The summed E-state index contributed by atoms with van der Waals surface area (Å²) in [6.45, 7) is 8.17. The molecule has 1 atom stereocenters. The second-order valence-electron chi connectivity index (χ2n) is 5.30. The lowest BCUT2D eigenvalue weighted by Crippen LogP contribution is -2.40. The number of nitrogens with zero attached hydrogens (tertiary/aromatic N) is 2. The predicted octanol–water partition coefficient (Wildman–Crippen LogP) is 2.93. The standard InChI is InChI=1S/C15H25N3/c1-4-13-7-5-6-8-18(13)15-9-11(2)17-12(3)14(15)10-16/h9,13H,4-8,10,16H2,1-3H3.